The van der Waals surface area contributed by atoms with E-state index in [0.29, 0.717) is 12.0 Å². The molecule has 2 aromatic carbocycles. The second kappa shape index (κ2) is 10.6. The Kier molecular flexibility index (Phi) is 7.73. The zero-order valence-corrected chi connectivity index (χ0v) is 19.5. The summed E-state index contributed by atoms with van der Waals surface area (Å²) in [7, 11) is 0. The molecule has 1 saturated heterocycles. The summed E-state index contributed by atoms with van der Waals surface area (Å²) in [6, 6.07) is 13.8. The van der Waals surface area contributed by atoms with Crippen LogP contribution in [0.4, 0.5) is 0 Å². The molecule has 182 valence electrons. The van der Waals surface area contributed by atoms with Gasteiger partial charge in [-0.2, -0.15) is 0 Å². The van der Waals surface area contributed by atoms with Gasteiger partial charge in [0.15, 0.2) is 0 Å². The topological polar surface area (TPSA) is 110 Å². The minimum absolute atomic E-state index is 0.113. The number of aliphatic hydroxyl groups excluding tert-OH is 5. The van der Waals surface area contributed by atoms with Crippen molar-refractivity contribution in [2.75, 3.05) is 13.2 Å². The van der Waals surface area contributed by atoms with Crippen molar-refractivity contribution in [3.8, 4) is 11.8 Å². The maximum absolute atomic E-state index is 10.5. The van der Waals surface area contributed by atoms with Crippen LogP contribution in [0.2, 0.25) is 0 Å². The smallest absolute Gasteiger partial charge is 0.113 e. The molecule has 0 amide bonds. The maximum atomic E-state index is 10.5. The highest BCUT2D eigenvalue weighted by Gasteiger charge is 2.44. The van der Waals surface area contributed by atoms with Gasteiger partial charge in [0.25, 0.3) is 0 Å². The first-order valence-electron chi connectivity index (χ1n) is 12.0. The van der Waals surface area contributed by atoms with Crippen LogP contribution in [0.5, 0.6) is 0 Å². The third kappa shape index (κ3) is 5.21. The third-order valence-corrected chi connectivity index (χ3v) is 7.28. The Bertz CT molecular complexity index is 1030. The lowest BCUT2D eigenvalue weighted by Crippen LogP contribution is -2.55. The van der Waals surface area contributed by atoms with Crippen LogP contribution in [0.25, 0.3) is 0 Å². The SMILES string of the molecule is Cc1ccc(C2O[C@H](CO)[C@@H](O)[C@H](O)[C@H]2O)cc1Cc1ccc(C#CC2(CO)CCCC2)cc1. The molecule has 4 rings (SSSR count). The highest BCUT2D eigenvalue weighted by atomic mass is 16.5. The Morgan fingerprint density at radius 3 is 2.29 bits per heavy atom. The molecular weight excluding hydrogens is 432 g/mol. The molecule has 1 unspecified atom stereocenters. The summed E-state index contributed by atoms with van der Waals surface area (Å²) in [4.78, 5) is 0. The summed E-state index contributed by atoms with van der Waals surface area (Å²) in [6.45, 7) is 1.68. The fourth-order valence-electron chi connectivity index (χ4n) is 4.94. The van der Waals surface area contributed by atoms with Crippen LogP contribution in [0.1, 0.15) is 59.6 Å². The van der Waals surface area contributed by atoms with Crippen LogP contribution in [0, 0.1) is 24.2 Å². The van der Waals surface area contributed by atoms with E-state index in [2.05, 4.69) is 11.8 Å². The van der Waals surface area contributed by atoms with E-state index in [1.165, 1.54) is 0 Å². The highest BCUT2D eigenvalue weighted by molar-refractivity contribution is 5.41. The zero-order valence-electron chi connectivity index (χ0n) is 19.5. The van der Waals surface area contributed by atoms with Gasteiger partial charge in [-0.15, -0.1) is 0 Å². The van der Waals surface area contributed by atoms with E-state index in [-0.39, 0.29) is 12.0 Å². The van der Waals surface area contributed by atoms with Gasteiger partial charge in [-0.25, -0.2) is 0 Å². The number of hydrogen-bond donors (Lipinski definition) is 5. The molecule has 6 nitrogen and oxygen atoms in total. The van der Waals surface area contributed by atoms with Gasteiger partial charge in [0.05, 0.1) is 18.6 Å². The molecule has 0 spiro atoms. The molecule has 1 aliphatic heterocycles. The second-order valence-electron chi connectivity index (χ2n) is 9.70. The van der Waals surface area contributed by atoms with Gasteiger partial charge in [-0.3, -0.25) is 0 Å². The van der Waals surface area contributed by atoms with Crippen molar-refractivity contribution in [2.45, 2.75) is 69.5 Å². The number of benzene rings is 2. The Morgan fingerprint density at radius 2 is 1.65 bits per heavy atom. The lowest BCUT2D eigenvalue weighted by atomic mass is 9.88. The molecule has 0 radical (unpaired) electrons. The third-order valence-electron chi connectivity index (χ3n) is 7.28. The minimum Gasteiger partial charge on any atom is -0.395 e. The molecule has 6 heteroatoms. The van der Waals surface area contributed by atoms with Crippen molar-refractivity contribution < 1.29 is 30.3 Å². The van der Waals surface area contributed by atoms with Gasteiger partial charge in [-0.05, 0) is 60.6 Å². The normalized spacial score (nSPS) is 28.4. The molecule has 1 saturated carbocycles. The first kappa shape index (κ1) is 24.9. The van der Waals surface area contributed by atoms with Crippen LogP contribution in [0.3, 0.4) is 0 Å². The lowest BCUT2D eigenvalue weighted by Gasteiger charge is -2.40. The molecule has 2 aliphatic rings. The molecule has 0 aromatic heterocycles. The molecule has 1 heterocycles. The summed E-state index contributed by atoms with van der Waals surface area (Å²) in [5.41, 5.74) is 4.61. The zero-order chi connectivity index (χ0) is 24.3. The van der Waals surface area contributed by atoms with E-state index in [9.17, 15) is 25.5 Å². The summed E-state index contributed by atoms with van der Waals surface area (Å²) in [5.74, 6) is 6.54. The van der Waals surface area contributed by atoms with Crippen molar-refractivity contribution in [2.24, 2.45) is 5.41 Å². The van der Waals surface area contributed by atoms with Crippen LogP contribution >= 0.6 is 0 Å². The van der Waals surface area contributed by atoms with E-state index >= 15 is 0 Å². The molecular formula is C28H34O6. The number of hydrogen-bond acceptors (Lipinski definition) is 6. The van der Waals surface area contributed by atoms with Crippen molar-refractivity contribution in [1.82, 2.24) is 0 Å². The van der Waals surface area contributed by atoms with Crippen LogP contribution in [-0.2, 0) is 11.2 Å². The van der Waals surface area contributed by atoms with Gasteiger partial charge < -0.3 is 30.3 Å². The maximum Gasteiger partial charge on any atom is 0.113 e. The highest BCUT2D eigenvalue weighted by Crippen LogP contribution is 2.37. The van der Waals surface area contributed by atoms with Gasteiger partial charge in [0.1, 0.15) is 30.5 Å². The quantitative estimate of drug-likeness (QED) is 0.431. The Balaban J connectivity index is 1.50. The number of aliphatic hydroxyl groups is 5. The van der Waals surface area contributed by atoms with Gasteiger partial charge >= 0.3 is 0 Å². The van der Waals surface area contributed by atoms with Gasteiger partial charge in [-0.1, -0.05) is 55.0 Å². The number of aryl methyl sites for hydroxylation is 1. The Labute approximate surface area is 200 Å². The van der Waals surface area contributed by atoms with Crippen molar-refractivity contribution in [3.63, 3.8) is 0 Å². The fraction of sp³-hybridized carbons (Fsp3) is 0.500. The van der Waals surface area contributed by atoms with Crippen LogP contribution in [0.15, 0.2) is 42.5 Å². The molecule has 0 bridgehead atoms. The first-order valence-corrected chi connectivity index (χ1v) is 12.0. The van der Waals surface area contributed by atoms with E-state index in [4.69, 9.17) is 4.74 Å². The van der Waals surface area contributed by atoms with Gasteiger partial charge in [0, 0.05) is 5.56 Å². The predicted molar refractivity (Wildman–Crippen MR) is 128 cm³/mol. The summed E-state index contributed by atoms with van der Waals surface area (Å²) < 4.78 is 5.72. The minimum atomic E-state index is -1.40. The molecule has 5 N–H and O–H groups in total. The number of rotatable bonds is 5. The molecule has 5 atom stereocenters. The van der Waals surface area contributed by atoms with E-state index < -0.39 is 37.1 Å². The standard InChI is InChI=1S/C28H34O6/c1-18-4-9-21(27-26(33)25(32)24(31)23(16-29)34-27)15-22(18)14-20-7-5-19(6-8-20)10-13-28(17-30)11-2-3-12-28/h4-9,15,23-27,29-33H,2-3,11-12,14,16-17H2,1H3/t23-,24-,25+,26-,27?/m1/s1. The summed E-state index contributed by atoms with van der Waals surface area (Å²) in [6.07, 6.45) is -1.02. The molecule has 34 heavy (non-hydrogen) atoms. The second-order valence-corrected chi connectivity index (χ2v) is 9.70. The fourth-order valence-corrected chi connectivity index (χ4v) is 4.94. The van der Waals surface area contributed by atoms with Crippen LogP contribution < -0.4 is 0 Å². The number of ether oxygens (including phenoxy) is 1. The Hall–Kier alpha value is -2.24. The average molecular weight is 467 g/mol. The van der Waals surface area contributed by atoms with E-state index in [1.807, 2.05) is 49.4 Å². The van der Waals surface area contributed by atoms with Crippen molar-refractivity contribution in [1.29, 1.82) is 0 Å². The first-order chi connectivity index (χ1) is 16.4. The van der Waals surface area contributed by atoms with E-state index in [1.54, 1.807) is 0 Å². The average Bonchev–Trinajstić information content (AvgIpc) is 3.33. The van der Waals surface area contributed by atoms with Crippen molar-refractivity contribution >= 4 is 0 Å². The summed E-state index contributed by atoms with van der Waals surface area (Å²) >= 11 is 0. The van der Waals surface area contributed by atoms with Crippen molar-refractivity contribution in [3.05, 3.63) is 70.3 Å². The monoisotopic (exact) mass is 466 g/mol. The molecule has 1 aliphatic carbocycles. The molecule has 2 aromatic rings. The van der Waals surface area contributed by atoms with Gasteiger partial charge in [0.2, 0.25) is 0 Å². The summed E-state index contributed by atoms with van der Waals surface area (Å²) in [5, 5.41) is 49.9. The Morgan fingerprint density at radius 1 is 0.941 bits per heavy atom. The largest absolute Gasteiger partial charge is 0.395 e. The molecule has 2 fully saturated rings. The lowest BCUT2D eigenvalue weighted by molar-refractivity contribution is -0.231. The van der Waals surface area contributed by atoms with E-state index in [0.717, 1.165) is 47.9 Å². The predicted octanol–water partition coefficient (Wildman–Crippen LogP) is 2.00. The van der Waals surface area contributed by atoms with Crippen LogP contribution in [-0.4, -0.2) is 63.2 Å².